The zero-order valence-corrected chi connectivity index (χ0v) is 15.7. The molecule has 1 saturated carbocycles. The summed E-state index contributed by atoms with van der Waals surface area (Å²) in [5.74, 6) is -1.32. The van der Waals surface area contributed by atoms with Crippen molar-refractivity contribution in [2.75, 3.05) is 13.1 Å². The van der Waals surface area contributed by atoms with Gasteiger partial charge in [0.2, 0.25) is 5.91 Å². The Kier molecular flexibility index (Phi) is 3.51. The van der Waals surface area contributed by atoms with Crippen molar-refractivity contribution >= 4 is 5.91 Å². The van der Waals surface area contributed by atoms with Gasteiger partial charge >= 0.3 is 0 Å². The van der Waals surface area contributed by atoms with Gasteiger partial charge < -0.3 is 10.0 Å². The SMILES string of the molecule is CC1(C)[C@@H]2CC[C@@]1(C(=O)N1CC(O)C1)c1nnc(-c3c(F)cccc3F)cc12. The highest BCUT2D eigenvalue weighted by Crippen LogP contribution is 2.68. The number of fused-ring (bicyclic) bond motifs is 5. The van der Waals surface area contributed by atoms with Crippen molar-refractivity contribution in [1.82, 2.24) is 15.1 Å². The molecule has 2 heterocycles. The lowest BCUT2D eigenvalue weighted by Crippen LogP contribution is -2.61. The maximum atomic E-state index is 14.2. The van der Waals surface area contributed by atoms with E-state index >= 15 is 0 Å². The van der Waals surface area contributed by atoms with Crippen LogP contribution in [0.5, 0.6) is 0 Å². The van der Waals surface area contributed by atoms with Gasteiger partial charge in [-0.05, 0) is 47.9 Å². The molecule has 1 aromatic heterocycles. The van der Waals surface area contributed by atoms with Crippen molar-refractivity contribution in [3.05, 3.63) is 47.2 Å². The van der Waals surface area contributed by atoms with E-state index in [0.29, 0.717) is 25.2 Å². The molecule has 2 aromatic rings. The fourth-order valence-electron chi connectivity index (χ4n) is 5.55. The molecule has 1 aromatic carbocycles. The van der Waals surface area contributed by atoms with Gasteiger partial charge in [0.1, 0.15) is 11.6 Å². The molecule has 2 aliphatic carbocycles. The van der Waals surface area contributed by atoms with Gasteiger partial charge in [0.25, 0.3) is 0 Å². The summed E-state index contributed by atoms with van der Waals surface area (Å²) in [5, 5.41) is 18.1. The van der Waals surface area contributed by atoms with Gasteiger partial charge in [-0.3, -0.25) is 4.79 Å². The second-order valence-corrected chi connectivity index (χ2v) is 8.71. The second kappa shape index (κ2) is 5.56. The van der Waals surface area contributed by atoms with E-state index in [4.69, 9.17) is 0 Å². The molecule has 0 spiro atoms. The summed E-state index contributed by atoms with van der Waals surface area (Å²) in [7, 11) is 0. The lowest BCUT2D eigenvalue weighted by Gasteiger charge is -2.45. The van der Waals surface area contributed by atoms with Crippen LogP contribution < -0.4 is 0 Å². The highest BCUT2D eigenvalue weighted by atomic mass is 19.1. The first kappa shape index (κ1) is 17.7. The lowest BCUT2D eigenvalue weighted by atomic mass is 9.67. The highest BCUT2D eigenvalue weighted by molar-refractivity contribution is 5.92. The third-order valence-corrected chi connectivity index (χ3v) is 7.12. The fraction of sp³-hybridized carbons (Fsp3) is 0.476. The maximum Gasteiger partial charge on any atom is 0.235 e. The zero-order chi connectivity index (χ0) is 19.8. The van der Waals surface area contributed by atoms with Crippen LogP contribution in [0.1, 0.15) is 43.9 Å². The number of carbonyl (C=O) groups is 1. The maximum absolute atomic E-state index is 14.2. The van der Waals surface area contributed by atoms with E-state index in [9.17, 15) is 18.7 Å². The topological polar surface area (TPSA) is 66.3 Å². The van der Waals surface area contributed by atoms with Crippen molar-refractivity contribution in [3.63, 3.8) is 0 Å². The van der Waals surface area contributed by atoms with E-state index in [2.05, 4.69) is 24.0 Å². The van der Waals surface area contributed by atoms with E-state index in [-0.39, 0.29) is 28.5 Å². The summed E-state index contributed by atoms with van der Waals surface area (Å²) in [6.45, 7) is 4.79. The van der Waals surface area contributed by atoms with Crippen LogP contribution in [-0.2, 0) is 10.2 Å². The molecule has 146 valence electrons. The van der Waals surface area contributed by atoms with Crippen LogP contribution in [0.3, 0.4) is 0 Å². The van der Waals surface area contributed by atoms with Gasteiger partial charge in [-0.25, -0.2) is 8.78 Å². The molecule has 5 nitrogen and oxygen atoms in total. The quantitative estimate of drug-likeness (QED) is 0.863. The average Bonchev–Trinajstić information content (AvgIpc) is 3.00. The van der Waals surface area contributed by atoms with Crippen LogP contribution in [0.4, 0.5) is 8.78 Å². The summed E-state index contributed by atoms with van der Waals surface area (Å²) >= 11 is 0. The normalized spacial score (nSPS) is 27.6. The van der Waals surface area contributed by atoms with Gasteiger partial charge in [0.05, 0.1) is 28.5 Å². The number of aliphatic hydroxyl groups excluding tert-OH is 1. The highest BCUT2D eigenvalue weighted by Gasteiger charge is 2.68. The molecule has 1 aliphatic heterocycles. The van der Waals surface area contributed by atoms with Gasteiger partial charge in [-0.1, -0.05) is 19.9 Å². The van der Waals surface area contributed by atoms with Crippen molar-refractivity contribution in [1.29, 1.82) is 0 Å². The number of likely N-dealkylation sites (tertiary alicyclic amines) is 1. The standard InChI is InChI=1S/C21H21F2N3O2/c1-20(2)13-6-7-21(20,19(28)26-9-11(27)10-26)18-12(13)8-16(24-25-18)17-14(22)4-3-5-15(17)23/h3-5,8,11,13,27H,6-7,9-10H2,1-2H3/t13-,21+/m1/s1. The van der Waals surface area contributed by atoms with Gasteiger partial charge in [0.15, 0.2) is 0 Å². The number of carbonyl (C=O) groups excluding carboxylic acids is 1. The predicted molar refractivity (Wildman–Crippen MR) is 97.4 cm³/mol. The first-order chi connectivity index (χ1) is 13.3. The number of benzene rings is 1. The molecule has 0 radical (unpaired) electrons. The molecule has 2 fully saturated rings. The number of hydrogen-bond acceptors (Lipinski definition) is 4. The molecule has 0 unspecified atom stereocenters. The van der Waals surface area contributed by atoms with E-state index in [1.54, 1.807) is 11.0 Å². The number of amides is 1. The third-order valence-electron chi connectivity index (χ3n) is 7.12. The van der Waals surface area contributed by atoms with E-state index in [1.165, 1.54) is 18.2 Å². The van der Waals surface area contributed by atoms with Gasteiger partial charge in [0, 0.05) is 13.1 Å². The minimum atomic E-state index is -0.799. The molecular weight excluding hydrogens is 364 g/mol. The van der Waals surface area contributed by atoms with Gasteiger partial charge in [-0.2, -0.15) is 5.10 Å². The van der Waals surface area contributed by atoms with Crippen molar-refractivity contribution in [3.8, 4) is 11.3 Å². The van der Waals surface area contributed by atoms with E-state index in [0.717, 1.165) is 12.0 Å². The summed E-state index contributed by atoms with van der Waals surface area (Å²) in [6.07, 6.45) is 1.01. The molecule has 3 aliphatic rings. The van der Waals surface area contributed by atoms with Crippen LogP contribution in [0, 0.1) is 17.0 Å². The van der Waals surface area contributed by atoms with Crippen LogP contribution in [0.2, 0.25) is 0 Å². The summed E-state index contributed by atoms with van der Waals surface area (Å²) in [5.41, 5.74) is 0.267. The van der Waals surface area contributed by atoms with Crippen LogP contribution in [0.15, 0.2) is 24.3 Å². The molecule has 1 amide bonds. The lowest BCUT2D eigenvalue weighted by molar-refractivity contribution is -0.151. The number of nitrogens with zero attached hydrogens (tertiary/aromatic N) is 3. The fourth-order valence-corrected chi connectivity index (χ4v) is 5.55. The largest absolute Gasteiger partial charge is 0.389 e. The minimum Gasteiger partial charge on any atom is -0.389 e. The summed E-state index contributed by atoms with van der Waals surface area (Å²) in [4.78, 5) is 15.1. The number of aliphatic hydroxyl groups is 1. The molecule has 1 saturated heterocycles. The Labute approximate surface area is 161 Å². The molecule has 28 heavy (non-hydrogen) atoms. The Morgan fingerprint density at radius 3 is 2.54 bits per heavy atom. The third kappa shape index (κ3) is 2.00. The van der Waals surface area contributed by atoms with Crippen molar-refractivity contribution in [2.24, 2.45) is 5.41 Å². The monoisotopic (exact) mass is 385 g/mol. The van der Waals surface area contributed by atoms with Crippen molar-refractivity contribution in [2.45, 2.75) is 44.1 Å². The first-order valence-electron chi connectivity index (χ1n) is 9.57. The second-order valence-electron chi connectivity index (χ2n) is 8.71. The van der Waals surface area contributed by atoms with Crippen LogP contribution in [0.25, 0.3) is 11.3 Å². The Morgan fingerprint density at radius 2 is 1.89 bits per heavy atom. The minimum absolute atomic E-state index is 0.0248. The number of rotatable bonds is 2. The molecular formula is C21H21F2N3O2. The number of hydrogen-bond donors (Lipinski definition) is 1. The smallest absolute Gasteiger partial charge is 0.235 e. The van der Waals surface area contributed by atoms with Crippen molar-refractivity contribution < 1.29 is 18.7 Å². The molecule has 7 heteroatoms. The molecule has 2 bridgehead atoms. The number of halogens is 2. The Morgan fingerprint density at radius 1 is 1.21 bits per heavy atom. The Hall–Kier alpha value is -2.41. The Balaban J connectivity index is 1.64. The molecule has 1 N–H and O–H groups in total. The average molecular weight is 385 g/mol. The summed E-state index contributed by atoms with van der Waals surface area (Å²) in [6, 6.07) is 5.41. The predicted octanol–water partition coefficient (Wildman–Crippen LogP) is 2.78. The van der Waals surface area contributed by atoms with Crippen LogP contribution >= 0.6 is 0 Å². The van der Waals surface area contributed by atoms with Gasteiger partial charge in [-0.15, -0.1) is 5.10 Å². The van der Waals surface area contributed by atoms with Crippen LogP contribution in [-0.4, -0.2) is 45.3 Å². The molecule has 2 atom stereocenters. The zero-order valence-electron chi connectivity index (χ0n) is 15.7. The molecule has 5 rings (SSSR count). The number of β-amino-alcohol motifs (C(OH)–C–C–N with tert-alkyl or cyclic N) is 1. The first-order valence-corrected chi connectivity index (χ1v) is 9.57. The van der Waals surface area contributed by atoms with E-state index in [1.807, 2.05) is 0 Å². The van der Waals surface area contributed by atoms with E-state index < -0.39 is 23.2 Å². The summed E-state index contributed by atoms with van der Waals surface area (Å²) < 4.78 is 28.5. The Bertz CT molecular complexity index is 983. The number of aromatic nitrogens is 2.